The topological polar surface area (TPSA) is 170 Å². The molecule has 13 nitrogen and oxygen atoms in total. The van der Waals surface area contributed by atoms with E-state index in [-0.39, 0.29) is 12.5 Å². The van der Waals surface area contributed by atoms with Gasteiger partial charge < -0.3 is 14.4 Å². The van der Waals surface area contributed by atoms with Crippen LogP contribution in [0.15, 0.2) is 58.3 Å². The highest BCUT2D eigenvalue weighted by Gasteiger charge is 2.41. The molecule has 1 unspecified atom stereocenters. The highest BCUT2D eigenvalue weighted by Crippen LogP contribution is 2.46. The third-order valence-corrected chi connectivity index (χ3v) is 8.88. The fraction of sp³-hybridized carbons (Fsp3) is 0.500. The quantitative estimate of drug-likeness (QED) is 0.203. The van der Waals surface area contributed by atoms with Crippen molar-refractivity contribution in [1.29, 1.82) is 0 Å². The van der Waals surface area contributed by atoms with Crippen LogP contribution in [0.4, 0.5) is 10.1 Å². The molecule has 0 bridgehead atoms. The molecule has 0 spiro atoms. The van der Waals surface area contributed by atoms with Crippen LogP contribution in [-0.2, 0) is 28.0 Å². The van der Waals surface area contributed by atoms with Crippen LogP contribution in [0.25, 0.3) is 10.8 Å². The summed E-state index contributed by atoms with van der Waals surface area (Å²) in [6, 6.07) is 12.1. The van der Waals surface area contributed by atoms with Crippen LogP contribution in [0.3, 0.4) is 0 Å². The monoisotopic (exact) mass is 649 g/mol. The number of benzene rings is 2. The van der Waals surface area contributed by atoms with Crippen LogP contribution in [0.5, 0.6) is 0 Å². The zero-order chi connectivity index (χ0) is 32.3. The van der Waals surface area contributed by atoms with Gasteiger partial charge in [0.25, 0.3) is 5.56 Å². The number of phosphoric acid groups is 1. The number of carbonyl (C=O) groups excluding carboxylic acids is 1. The average Bonchev–Trinajstić information content (AvgIpc) is 3.37. The number of aliphatic hydroxyl groups excluding tert-OH is 1. The van der Waals surface area contributed by atoms with E-state index in [1.165, 1.54) is 5.06 Å². The number of ether oxygens (including phenoxy) is 1. The zero-order valence-corrected chi connectivity index (χ0v) is 25.8. The smallest absolute Gasteiger partial charge is 0.390 e. The Kier molecular flexibility index (Phi) is 10.2. The summed E-state index contributed by atoms with van der Waals surface area (Å²) in [7, 11) is -5.06. The van der Waals surface area contributed by atoms with Gasteiger partial charge in [0.05, 0.1) is 30.7 Å². The third-order valence-electron chi connectivity index (χ3n) is 7.99. The molecule has 45 heavy (non-hydrogen) atoms. The van der Waals surface area contributed by atoms with E-state index in [4.69, 9.17) is 18.6 Å². The van der Waals surface area contributed by atoms with Gasteiger partial charge in [-0.1, -0.05) is 69.5 Å². The van der Waals surface area contributed by atoms with E-state index in [9.17, 15) is 33.3 Å². The molecule has 2 fully saturated rings. The SMILES string of the molecule is CC(C)[C@@H](C(=O)OP(=O)(O)OC[C@H]1O[C@@H](n2cc(F)c(=O)[nH]c2=O)C[C@@H]1O)N(OC1CCCCC1)c1cccc2ccccc12. The van der Waals surface area contributed by atoms with Gasteiger partial charge in [0, 0.05) is 11.8 Å². The van der Waals surface area contributed by atoms with Gasteiger partial charge in [-0.25, -0.2) is 19.2 Å². The molecular formula is C30H37FN3O10P. The fourth-order valence-corrected chi connectivity index (χ4v) is 6.44. The highest BCUT2D eigenvalue weighted by molar-refractivity contribution is 7.48. The number of aliphatic hydroxyl groups is 1. The lowest BCUT2D eigenvalue weighted by Crippen LogP contribution is -2.48. The van der Waals surface area contributed by atoms with E-state index >= 15 is 0 Å². The van der Waals surface area contributed by atoms with Crippen LogP contribution >= 0.6 is 7.82 Å². The number of aromatic amines is 1. The third kappa shape index (κ3) is 7.71. The van der Waals surface area contributed by atoms with Gasteiger partial charge in [-0.05, 0) is 30.2 Å². The largest absolute Gasteiger partial charge is 0.529 e. The molecule has 1 saturated heterocycles. The molecule has 2 aliphatic rings. The number of rotatable bonds is 11. The fourth-order valence-electron chi connectivity index (χ4n) is 5.71. The average molecular weight is 650 g/mol. The van der Waals surface area contributed by atoms with E-state index in [1.54, 1.807) is 18.8 Å². The number of nitrogens with one attached hydrogen (secondary N) is 1. The minimum Gasteiger partial charge on any atom is -0.390 e. The number of anilines is 1. The lowest BCUT2D eigenvalue weighted by molar-refractivity contribution is -0.143. The number of carbonyl (C=O) groups is 1. The van der Waals surface area contributed by atoms with Gasteiger partial charge >= 0.3 is 19.5 Å². The Morgan fingerprint density at radius 3 is 2.60 bits per heavy atom. The molecule has 3 aromatic rings. The zero-order valence-electron chi connectivity index (χ0n) is 24.9. The molecule has 244 valence electrons. The number of halogens is 1. The minimum absolute atomic E-state index is 0.165. The van der Waals surface area contributed by atoms with Gasteiger partial charge in [0.1, 0.15) is 12.3 Å². The van der Waals surface area contributed by atoms with Gasteiger partial charge in [-0.2, -0.15) is 4.39 Å². The predicted molar refractivity (Wildman–Crippen MR) is 161 cm³/mol. The Morgan fingerprint density at radius 1 is 1.16 bits per heavy atom. The van der Waals surface area contributed by atoms with E-state index in [2.05, 4.69) is 0 Å². The highest BCUT2D eigenvalue weighted by atomic mass is 31.2. The van der Waals surface area contributed by atoms with E-state index < -0.39 is 67.9 Å². The molecule has 1 aliphatic carbocycles. The van der Waals surface area contributed by atoms with Crippen molar-refractivity contribution >= 4 is 30.3 Å². The summed E-state index contributed by atoms with van der Waals surface area (Å²) in [4.78, 5) is 55.9. The second-order valence-corrected chi connectivity index (χ2v) is 13.0. The second kappa shape index (κ2) is 13.9. The lowest BCUT2D eigenvalue weighted by atomic mass is 9.98. The van der Waals surface area contributed by atoms with E-state index in [0.29, 0.717) is 11.9 Å². The van der Waals surface area contributed by atoms with E-state index in [0.717, 1.165) is 47.4 Å². The Bertz CT molecular complexity index is 1670. The van der Waals surface area contributed by atoms with Crippen LogP contribution in [0, 0.1) is 11.7 Å². The molecule has 1 aliphatic heterocycles. The minimum atomic E-state index is -5.06. The molecule has 15 heteroatoms. The van der Waals surface area contributed by atoms with E-state index in [1.807, 2.05) is 42.5 Å². The number of hydrogen-bond donors (Lipinski definition) is 3. The van der Waals surface area contributed by atoms with Crippen molar-refractivity contribution in [2.75, 3.05) is 11.7 Å². The summed E-state index contributed by atoms with van der Waals surface area (Å²) in [6.07, 6.45) is 1.20. The molecule has 2 heterocycles. The number of hydroxylamine groups is 1. The van der Waals surface area contributed by atoms with Crippen LogP contribution in [-0.4, -0.2) is 56.5 Å². The standard InChI is InChI=1S/C30H37FN3O10P/c1-18(2)27(34(43-20-11-4-3-5-12-20)23-14-8-10-19-9-6-7-13-21(19)23)29(37)44-45(39,40)41-17-25-24(35)15-26(42-25)33-16-22(31)28(36)32-30(33)38/h6-10,13-14,16,18,20,24-27,35H,3-5,11-12,15,17H2,1-2H3,(H,39,40)(H,32,36,38)/t24-,25+,26+,27-/m0/s1. The molecule has 1 saturated carbocycles. The summed E-state index contributed by atoms with van der Waals surface area (Å²) < 4.78 is 43.2. The van der Waals surface area contributed by atoms with Crippen molar-refractivity contribution in [3.63, 3.8) is 0 Å². The molecule has 5 atom stereocenters. The maximum atomic E-state index is 13.8. The molecule has 3 N–H and O–H groups in total. The molecular weight excluding hydrogens is 612 g/mol. The first-order chi connectivity index (χ1) is 21.4. The summed E-state index contributed by atoms with van der Waals surface area (Å²) >= 11 is 0. The summed E-state index contributed by atoms with van der Waals surface area (Å²) in [5.41, 5.74) is -1.57. The Morgan fingerprint density at radius 2 is 1.87 bits per heavy atom. The van der Waals surface area contributed by atoms with Crippen molar-refractivity contribution in [1.82, 2.24) is 9.55 Å². The maximum Gasteiger partial charge on any atom is 0.529 e. The number of hydrogen-bond acceptors (Lipinski definition) is 10. The summed E-state index contributed by atoms with van der Waals surface area (Å²) in [6.45, 7) is 2.83. The Hall–Kier alpha value is -3.39. The Labute approximate surface area is 258 Å². The van der Waals surface area contributed by atoms with Crippen molar-refractivity contribution in [2.24, 2.45) is 5.92 Å². The van der Waals surface area contributed by atoms with Gasteiger partial charge in [-0.3, -0.25) is 28.6 Å². The number of fused-ring (bicyclic) bond motifs is 1. The summed E-state index contributed by atoms with van der Waals surface area (Å²) in [5, 5.41) is 13.7. The number of aromatic nitrogens is 2. The van der Waals surface area contributed by atoms with Crippen molar-refractivity contribution in [3.8, 4) is 0 Å². The molecule has 0 radical (unpaired) electrons. The van der Waals surface area contributed by atoms with Gasteiger partial charge in [-0.15, -0.1) is 0 Å². The van der Waals surface area contributed by atoms with Crippen molar-refractivity contribution in [3.05, 3.63) is 75.3 Å². The van der Waals surface area contributed by atoms with Gasteiger partial charge in [0.15, 0.2) is 6.04 Å². The molecule has 5 rings (SSSR count). The maximum absolute atomic E-state index is 13.8. The number of H-pyrrole nitrogens is 1. The number of phosphoric ester groups is 1. The van der Waals surface area contributed by atoms with Crippen LogP contribution in [0.2, 0.25) is 0 Å². The first-order valence-electron chi connectivity index (χ1n) is 14.9. The normalized spacial score (nSPS) is 22.8. The van der Waals surface area contributed by atoms with Gasteiger partial charge in [0.2, 0.25) is 5.82 Å². The lowest BCUT2D eigenvalue weighted by Gasteiger charge is -2.37. The van der Waals surface area contributed by atoms with Crippen molar-refractivity contribution in [2.45, 2.75) is 83.0 Å². The number of nitrogens with zero attached hydrogens (tertiary/aromatic N) is 2. The van der Waals surface area contributed by atoms with Crippen LogP contribution < -0.4 is 16.3 Å². The first-order valence-corrected chi connectivity index (χ1v) is 16.4. The summed E-state index contributed by atoms with van der Waals surface area (Å²) in [5.74, 6) is -2.72. The predicted octanol–water partition coefficient (Wildman–Crippen LogP) is 3.93. The second-order valence-electron chi connectivity index (χ2n) is 11.6. The molecule has 2 aromatic carbocycles. The van der Waals surface area contributed by atoms with Crippen molar-refractivity contribution < 1.29 is 42.4 Å². The first kappa shape index (κ1) is 33.0. The van der Waals surface area contributed by atoms with Crippen LogP contribution in [0.1, 0.15) is 58.6 Å². The molecule has 1 aromatic heterocycles. The molecule has 0 amide bonds. The Balaban J connectivity index is 1.32.